The second-order valence-corrected chi connectivity index (χ2v) is 5.26. The van der Waals surface area contributed by atoms with Crippen LogP contribution in [0.4, 0.5) is 0 Å². The molecule has 0 saturated carbocycles. The van der Waals surface area contributed by atoms with Gasteiger partial charge in [-0.2, -0.15) is 0 Å². The van der Waals surface area contributed by atoms with E-state index >= 15 is 0 Å². The fourth-order valence-electron chi connectivity index (χ4n) is 2.66. The van der Waals surface area contributed by atoms with Gasteiger partial charge in [-0.15, -0.1) is 0 Å². The highest BCUT2D eigenvalue weighted by Crippen LogP contribution is 2.36. The van der Waals surface area contributed by atoms with Crippen molar-refractivity contribution in [3.63, 3.8) is 0 Å². The van der Waals surface area contributed by atoms with E-state index in [1.807, 2.05) is 49.4 Å². The molecule has 0 bridgehead atoms. The minimum absolute atomic E-state index is 0.0545. The van der Waals surface area contributed by atoms with E-state index in [1.165, 1.54) is 0 Å². The average molecular weight is 328 g/mol. The Balaban J connectivity index is 2.54. The van der Waals surface area contributed by atoms with Gasteiger partial charge in [-0.05, 0) is 42.3 Å². The number of benzene rings is 2. The lowest BCUT2D eigenvalue weighted by molar-refractivity contribution is 0.354. The number of hydrogen-bond donors (Lipinski definition) is 0. The van der Waals surface area contributed by atoms with Crippen LogP contribution in [0.25, 0.3) is 0 Å². The number of ether oxygens (including phenoxy) is 4. The van der Waals surface area contributed by atoms with Crippen LogP contribution in [0.1, 0.15) is 24.0 Å². The zero-order valence-corrected chi connectivity index (χ0v) is 14.8. The largest absolute Gasteiger partial charge is 0.497 e. The van der Waals surface area contributed by atoms with Gasteiger partial charge in [-0.25, -0.2) is 0 Å². The molecule has 2 rings (SSSR count). The van der Waals surface area contributed by atoms with Gasteiger partial charge in [-0.3, -0.25) is 0 Å². The number of rotatable bonds is 7. The van der Waals surface area contributed by atoms with E-state index in [-0.39, 0.29) is 5.92 Å². The highest BCUT2D eigenvalue weighted by molar-refractivity contribution is 5.50. The molecule has 0 radical (unpaired) electrons. The summed E-state index contributed by atoms with van der Waals surface area (Å²) in [6.45, 7) is 2.01. The second kappa shape index (κ2) is 8.29. The predicted molar refractivity (Wildman–Crippen MR) is 95.7 cm³/mol. The zero-order valence-electron chi connectivity index (χ0n) is 14.8. The third kappa shape index (κ3) is 3.82. The highest BCUT2D eigenvalue weighted by atomic mass is 16.5. The van der Waals surface area contributed by atoms with Gasteiger partial charge in [0.15, 0.2) is 11.5 Å². The lowest BCUT2D eigenvalue weighted by Gasteiger charge is -2.18. The van der Waals surface area contributed by atoms with Crippen molar-refractivity contribution in [1.29, 1.82) is 0 Å². The summed E-state index contributed by atoms with van der Waals surface area (Å²) in [5.74, 6) is 3.00. The first-order valence-corrected chi connectivity index (χ1v) is 7.74. The molecule has 0 saturated heterocycles. The molecule has 1 unspecified atom stereocenters. The standard InChI is InChI=1S/C20H24O4/c1-6-7-18(14-8-9-19(23-4)20(12-14)24-5)15-10-16(21-2)13-17(11-15)22-3/h6-13,18H,1-5H3. The molecule has 0 spiro atoms. The summed E-state index contributed by atoms with van der Waals surface area (Å²) in [6.07, 6.45) is 4.17. The van der Waals surface area contributed by atoms with Crippen LogP contribution in [0.15, 0.2) is 48.6 Å². The summed E-state index contributed by atoms with van der Waals surface area (Å²) in [5.41, 5.74) is 2.18. The van der Waals surface area contributed by atoms with Crippen molar-refractivity contribution < 1.29 is 18.9 Å². The van der Waals surface area contributed by atoms with E-state index in [0.717, 1.165) is 22.6 Å². The van der Waals surface area contributed by atoms with Crippen LogP contribution in [0, 0.1) is 0 Å². The van der Waals surface area contributed by atoms with Gasteiger partial charge in [0.05, 0.1) is 28.4 Å². The summed E-state index contributed by atoms with van der Waals surface area (Å²) in [6, 6.07) is 11.9. The second-order valence-electron chi connectivity index (χ2n) is 5.26. The molecule has 24 heavy (non-hydrogen) atoms. The summed E-state index contributed by atoms with van der Waals surface area (Å²) < 4.78 is 21.5. The molecular formula is C20H24O4. The van der Waals surface area contributed by atoms with Crippen LogP contribution in [-0.4, -0.2) is 28.4 Å². The molecular weight excluding hydrogens is 304 g/mol. The Morgan fingerprint density at radius 3 is 1.83 bits per heavy atom. The third-order valence-corrected chi connectivity index (χ3v) is 3.88. The molecule has 0 aliphatic carbocycles. The van der Waals surface area contributed by atoms with Gasteiger partial charge in [0.1, 0.15) is 11.5 Å². The summed E-state index contributed by atoms with van der Waals surface area (Å²) >= 11 is 0. The minimum atomic E-state index is 0.0545. The molecule has 0 fully saturated rings. The van der Waals surface area contributed by atoms with E-state index in [1.54, 1.807) is 28.4 Å². The van der Waals surface area contributed by atoms with Gasteiger partial charge in [0.25, 0.3) is 0 Å². The van der Waals surface area contributed by atoms with Crippen LogP contribution in [-0.2, 0) is 0 Å². The average Bonchev–Trinajstić information content (AvgIpc) is 2.64. The lowest BCUT2D eigenvalue weighted by Crippen LogP contribution is -2.01. The molecule has 4 heteroatoms. The molecule has 1 atom stereocenters. The van der Waals surface area contributed by atoms with Gasteiger partial charge >= 0.3 is 0 Å². The van der Waals surface area contributed by atoms with Crippen molar-refractivity contribution in [2.75, 3.05) is 28.4 Å². The van der Waals surface area contributed by atoms with Crippen LogP contribution < -0.4 is 18.9 Å². The van der Waals surface area contributed by atoms with E-state index in [9.17, 15) is 0 Å². The fourth-order valence-corrected chi connectivity index (χ4v) is 2.66. The molecule has 4 nitrogen and oxygen atoms in total. The molecule has 128 valence electrons. The van der Waals surface area contributed by atoms with E-state index in [0.29, 0.717) is 11.5 Å². The van der Waals surface area contributed by atoms with Gasteiger partial charge in [0, 0.05) is 12.0 Å². The van der Waals surface area contributed by atoms with Crippen LogP contribution in [0.2, 0.25) is 0 Å². The number of allylic oxidation sites excluding steroid dienone is 2. The highest BCUT2D eigenvalue weighted by Gasteiger charge is 2.16. The van der Waals surface area contributed by atoms with Gasteiger partial charge in [0.2, 0.25) is 0 Å². The first-order chi connectivity index (χ1) is 11.7. The summed E-state index contributed by atoms with van der Waals surface area (Å²) in [7, 11) is 6.58. The van der Waals surface area contributed by atoms with Gasteiger partial charge < -0.3 is 18.9 Å². The molecule has 0 amide bonds. The third-order valence-electron chi connectivity index (χ3n) is 3.88. The minimum Gasteiger partial charge on any atom is -0.497 e. The quantitative estimate of drug-likeness (QED) is 0.705. The Morgan fingerprint density at radius 1 is 0.708 bits per heavy atom. The SMILES string of the molecule is CC=CC(c1cc(OC)cc(OC)c1)c1ccc(OC)c(OC)c1. The Hall–Kier alpha value is -2.62. The maximum Gasteiger partial charge on any atom is 0.161 e. The first-order valence-electron chi connectivity index (χ1n) is 7.74. The van der Waals surface area contributed by atoms with Crippen molar-refractivity contribution in [1.82, 2.24) is 0 Å². The molecule has 2 aromatic carbocycles. The normalized spacial score (nSPS) is 12.0. The summed E-state index contributed by atoms with van der Waals surface area (Å²) in [4.78, 5) is 0. The van der Waals surface area contributed by atoms with Crippen molar-refractivity contribution in [3.8, 4) is 23.0 Å². The Labute approximate surface area is 143 Å². The number of hydrogen-bond acceptors (Lipinski definition) is 4. The van der Waals surface area contributed by atoms with Crippen LogP contribution in [0.3, 0.4) is 0 Å². The monoisotopic (exact) mass is 328 g/mol. The van der Waals surface area contributed by atoms with Crippen molar-refractivity contribution in [2.24, 2.45) is 0 Å². The molecule has 0 N–H and O–H groups in total. The molecule has 0 aliphatic rings. The summed E-state index contributed by atoms with van der Waals surface area (Å²) in [5, 5.41) is 0. The fraction of sp³-hybridized carbons (Fsp3) is 0.300. The lowest BCUT2D eigenvalue weighted by atomic mass is 9.90. The zero-order chi connectivity index (χ0) is 17.5. The smallest absolute Gasteiger partial charge is 0.161 e. The Kier molecular flexibility index (Phi) is 6.13. The molecule has 0 aliphatic heterocycles. The number of methoxy groups -OCH3 is 4. The van der Waals surface area contributed by atoms with E-state index in [2.05, 4.69) is 6.08 Å². The van der Waals surface area contributed by atoms with E-state index in [4.69, 9.17) is 18.9 Å². The van der Waals surface area contributed by atoms with Crippen LogP contribution >= 0.6 is 0 Å². The maximum absolute atomic E-state index is 5.43. The molecule has 0 aromatic heterocycles. The van der Waals surface area contributed by atoms with E-state index < -0.39 is 0 Å². The van der Waals surface area contributed by atoms with Crippen molar-refractivity contribution >= 4 is 0 Å². The van der Waals surface area contributed by atoms with Crippen molar-refractivity contribution in [2.45, 2.75) is 12.8 Å². The van der Waals surface area contributed by atoms with Crippen molar-refractivity contribution in [3.05, 3.63) is 59.7 Å². The molecule has 2 aromatic rings. The van der Waals surface area contributed by atoms with Crippen LogP contribution in [0.5, 0.6) is 23.0 Å². The Morgan fingerprint density at radius 2 is 1.33 bits per heavy atom. The molecule has 0 heterocycles. The van der Waals surface area contributed by atoms with Gasteiger partial charge in [-0.1, -0.05) is 18.2 Å². The topological polar surface area (TPSA) is 36.9 Å². The maximum atomic E-state index is 5.43. The Bertz CT molecular complexity index is 685. The first kappa shape index (κ1) is 17.7. The predicted octanol–water partition coefficient (Wildman–Crippen LogP) is 4.43.